The fourth-order valence-corrected chi connectivity index (χ4v) is 4.48. The minimum absolute atomic E-state index is 0.302. The number of nitrogens with two attached hydrogens (primary N) is 2. The van der Waals surface area contributed by atoms with Crippen LogP contribution in [0.2, 0.25) is 0 Å². The molecule has 0 saturated heterocycles. The van der Waals surface area contributed by atoms with Gasteiger partial charge >= 0.3 is 0 Å². The van der Waals surface area contributed by atoms with Crippen LogP contribution in [0.3, 0.4) is 0 Å². The van der Waals surface area contributed by atoms with E-state index < -0.39 is 0 Å². The third kappa shape index (κ3) is 5.00. The van der Waals surface area contributed by atoms with Crippen molar-refractivity contribution in [3.63, 3.8) is 0 Å². The predicted octanol–water partition coefficient (Wildman–Crippen LogP) is 1.25. The molecule has 0 aliphatic rings. The molecule has 0 unspecified atom stereocenters. The molecule has 0 radical (unpaired) electrons. The van der Waals surface area contributed by atoms with E-state index in [-0.39, 0.29) is 22.3 Å². The smallest absolute Gasteiger partial charge is 0.230 e. The molecule has 0 aliphatic carbocycles. The van der Waals surface area contributed by atoms with Gasteiger partial charge in [-0.1, -0.05) is 48.7 Å². The molecule has 0 fully saturated rings. The Balaban J connectivity index is 2.66. The molecule has 0 spiro atoms. The van der Waals surface area contributed by atoms with E-state index in [0.717, 1.165) is 0 Å². The second-order valence-corrected chi connectivity index (χ2v) is 7.55. The molecule has 6 nitrogen and oxygen atoms in total. The summed E-state index contributed by atoms with van der Waals surface area (Å²) < 4.78 is 1.35. The molecule has 0 saturated carbocycles. The van der Waals surface area contributed by atoms with Crippen LogP contribution in [0.5, 0.6) is 0 Å². The highest BCUT2D eigenvalue weighted by Crippen LogP contribution is 2.34. The molecular formula is C10H16N4O2S3. The van der Waals surface area contributed by atoms with Crippen molar-refractivity contribution in [2.45, 2.75) is 45.9 Å². The quantitative estimate of drug-likeness (QED) is 0.697. The van der Waals surface area contributed by atoms with E-state index in [1.165, 1.54) is 34.9 Å². The average Bonchev–Trinajstić information content (AvgIpc) is 2.79. The van der Waals surface area contributed by atoms with Crippen LogP contribution in [0, 0.1) is 0 Å². The molecule has 106 valence electrons. The first kappa shape index (κ1) is 16.3. The molecule has 0 bridgehead atoms. The van der Waals surface area contributed by atoms with Gasteiger partial charge in [-0.2, -0.15) is 0 Å². The van der Waals surface area contributed by atoms with Crippen LogP contribution < -0.4 is 11.5 Å². The number of carbonyl (C=O) groups excluding carboxylic acids is 2. The van der Waals surface area contributed by atoms with Crippen LogP contribution in [0.15, 0.2) is 8.68 Å². The van der Waals surface area contributed by atoms with Gasteiger partial charge < -0.3 is 11.5 Å². The van der Waals surface area contributed by atoms with Gasteiger partial charge in [0.15, 0.2) is 8.68 Å². The van der Waals surface area contributed by atoms with E-state index in [1.807, 2.05) is 13.8 Å². The Kier molecular flexibility index (Phi) is 6.59. The zero-order valence-electron chi connectivity index (χ0n) is 10.7. The van der Waals surface area contributed by atoms with Gasteiger partial charge in [0.05, 0.1) is 10.5 Å². The maximum Gasteiger partial charge on any atom is 0.230 e. The minimum Gasteiger partial charge on any atom is -0.369 e. The van der Waals surface area contributed by atoms with Crippen molar-refractivity contribution in [1.29, 1.82) is 0 Å². The van der Waals surface area contributed by atoms with Gasteiger partial charge in [0.2, 0.25) is 11.8 Å². The number of hydrogen-bond acceptors (Lipinski definition) is 7. The molecule has 2 amide bonds. The molecule has 2 atom stereocenters. The topological polar surface area (TPSA) is 112 Å². The molecule has 19 heavy (non-hydrogen) atoms. The number of rotatable bonds is 8. The van der Waals surface area contributed by atoms with Crippen LogP contribution in [-0.4, -0.2) is 32.5 Å². The summed E-state index contributed by atoms with van der Waals surface area (Å²) >= 11 is 3.95. The van der Waals surface area contributed by atoms with Crippen molar-refractivity contribution in [1.82, 2.24) is 10.2 Å². The second kappa shape index (κ2) is 7.71. The Hall–Kier alpha value is -0.800. The van der Waals surface area contributed by atoms with Crippen LogP contribution in [0.1, 0.15) is 26.7 Å². The molecule has 0 aliphatic heterocycles. The van der Waals surface area contributed by atoms with Gasteiger partial charge in [0.25, 0.3) is 0 Å². The lowest BCUT2D eigenvalue weighted by atomic mass is 10.3. The fraction of sp³-hybridized carbons (Fsp3) is 0.600. The number of amides is 2. The maximum atomic E-state index is 11.1. The Morgan fingerprint density at radius 2 is 1.42 bits per heavy atom. The minimum atomic E-state index is -0.361. The van der Waals surface area contributed by atoms with E-state index in [9.17, 15) is 9.59 Å². The summed E-state index contributed by atoms with van der Waals surface area (Å²) in [5.41, 5.74) is 10.5. The van der Waals surface area contributed by atoms with Gasteiger partial charge in [-0.25, -0.2) is 0 Å². The number of hydrogen-bond donors (Lipinski definition) is 2. The Bertz CT molecular complexity index is 413. The molecule has 9 heteroatoms. The van der Waals surface area contributed by atoms with Gasteiger partial charge in [0, 0.05) is 0 Å². The number of carbonyl (C=O) groups is 2. The van der Waals surface area contributed by atoms with Gasteiger partial charge in [-0.05, 0) is 12.8 Å². The van der Waals surface area contributed by atoms with Crippen molar-refractivity contribution in [2.75, 3.05) is 0 Å². The standard InChI is InChI=1S/C10H16N4O2S3/c1-3-5(7(11)15)17-9-13-14-10(19-9)18-6(4-2)8(12)16/h5-6H,3-4H2,1-2H3,(H2,11,15)(H2,12,16)/t5-,6-/m0/s1. The largest absolute Gasteiger partial charge is 0.369 e. The lowest BCUT2D eigenvalue weighted by molar-refractivity contribution is -0.118. The highest BCUT2D eigenvalue weighted by atomic mass is 32.2. The maximum absolute atomic E-state index is 11.1. The third-order valence-corrected chi connectivity index (χ3v) is 6.11. The predicted molar refractivity (Wildman–Crippen MR) is 78.2 cm³/mol. The molecular weight excluding hydrogens is 304 g/mol. The molecule has 1 rings (SSSR count). The van der Waals surface area contributed by atoms with E-state index in [2.05, 4.69) is 10.2 Å². The zero-order chi connectivity index (χ0) is 14.4. The summed E-state index contributed by atoms with van der Waals surface area (Å²) in [5, 5.41) is 7.36. The van der Waals surface area contributed by atoms with Crippen molar-refractivity contribution in [2.24, 2.45) is 11.5 Å². The van der Waals surface area contributed by atoms with Gasteiger partial charge in [-0.15, -0.1) is 10.2 Å². The van der Waals surface area contributed by atoms with E-state index in [4.69, 9.17) is 11.5 Å². The first-order valence-electron chi connectivity index (χ1n) is 5.73. The first-order chi connectivity index (χ1) is 8.97. The average molecular weight is 320 g/mol. The number of aromatic nitrogens is 2. The van der Waals surface area contributed by atoms with Crippen LogP contribution in [0.25, 0.3) is 0 Å². The highest BCUT2D eigenvalue weighted by molar-refractivity contribution is 8.04. The molecule has 1 aromatic heterocycles. The number of thioether (sulfide) groups is 2. The lowest BCUT2D eigenvalue weighted by Gasteiger charge is -2.07. The van der Waals surface area contributed by atoms with E-state index >= 15 is 0 Å². The molecule has 4 N–H and O–H groups in total. The number of primary amides is 2. The third-order valence-electron chi connectivity index (χ3n) is 2.25. The Morgan fingerprint density at radius 1 is 1.05 bits per heavy atom. The van der Waals surface area contributed by atoms with Crippen molar-refractivity contribution in [3.05, 3.63) is 0 Å². The Labute approximate surface area is 124 Å². The Morgan fingerprint density at radius 3 is 1.68 bits per heavy atom. The number of nitrogens with zero attached hydrogens (tertiary/aromatic N) is 2. The molecule has 0 aromatic carbocycles. The molecule has 1 aromatic rings. The highest BCUT2D eigenvalue weighted by Gasteiger charge is 2.20. The summed E-state index contributed by atoms with van der Waals surface area (Å²) in [5.74, 6) is -0.721. The van der Waals surface area contributed by atoms with Gasteiger partial charge in [-0.3, -0.25) is 9.59 Å². The fourth-order valence-electron chi connectivity index (χ4n) is 1.22. The van der Waals surface area contributed by atoms with Crippen LogP contribution >= 0.6 is 34.9 Å². The normalized spacial score (nSPS) is 14.0. The van der Waals surface area contributed by atoms with E-state index in [0.29, 0.717) is 21.5 Å². The zero-order valence-corrected chi connectivity index (χ0v) is 13.1. The summed E-state index contributed by atoms with van der Waals surface area (Å²) in [6, 6.07) is 0. The summed E-state index contributed by atoms with van der Waals surface area (Å²) in [4.78, 5) is 22.3. The van der Waals surface area contributed by atoms with Crippen LogP contribution in [-0.2, 0) is 9.59 Å². The SMILES string of the molecule is CC[C@H](Sc1nnc(S[C@@H](CC)C(N)=O)s1)C(N)=O. The summed E-state index contributed by atoms with van der Waals surface area (Å²) in [6.07, 6.45) is 1.28. The van der Waals surface area contributed by atoms with Crippen molar-refractivity contribution in [3.8, 4) is 0 Å². The second-order valence-electron chi connectivity index (χ2n) is 3.67. The summed E-state index contributed by atoms with van der Waals surface area (Å²) in [7, 11) is 0. The van der Waals surface area contributed by atoms with Crippen molar-refractivity contribution < 1.29 is 9.59 Å². The van der Waals surface area contributed by atoms with Gasteiger partial charge in [0.1, 0.15) is 0 Å². The lowest BCUT2D eigenvalue weighted by Crippen LogP contribution is -2.24. The molecule has 1 heterocycles. The van der Waals surface area contributed by atoms with Crippen molar-refractivity contribution >= 4 is 46.7 Å². The summed E-state index contributed by atoms with van der Waals surface area (Å²) in [6.45, 7) is 3.78. The monoisotopic (exact) mass is 320 g/mol. The first-order valence-corrected chi connectivity index (χ1v) is 8.30. The van der Waals surface area contributed by atoms with Crippen LogP contribution in [0.4, 0.5) is 0 Å². The van der Waals surface area contributed by atoms with E-state index in [1.54, 1.807) is 0 Å².